The highest BCUT2D eigenvalue weighted by Crippen LogP contribution is 2.30. The summed E-state index contributed by atoms with van der Waals surface area (Å²) in [4.78, 5) is 0. The number of nitrogens with zero attached hydrogens (tertiary/aromatic N) is 2. The monoisotopic (exact) mass is 463 g/mol. The van der Waals surface area contributed by atoms with Gasteiger partial charge in [0, 0.05) is 5.02 Å². The zero-order valence-electron chi connectivity index (χ0n) is 20.3. The number of unbranched alkanes of at least 4 members (excludes halogenated alkanes) is 12. The lowest BCUT2D eigenvalue weighted by atomic mass is 10.0. The van der Waals surface area contributed by atoms with Crippen LogP contribution in [-0.4, -0.2) is 10.2 Å². The van der Waals surface area contributed by atoms with E-state index in [-0.39, 0.29) is 6.01 Å². The summed E-state index contributed by atoms with van der Waals surface area (Å²) in [5, 5.41) is 8.45. The fourth-order valence-corrected chi connectivity index (χ4v) is 4.17. The van der Waals surface area contributed by atoms with Crippen LogP contribution in [0.1, 0.15) is 116 Å². The number of nitrogens with two attached hydrogens (primary N) is 1. The van der Waals surface area contributed by atoms with Crippen molar-refractivity contribution in [2.24, 2.45) is 0 Å². The molecule has 6 heteroatoms. The van der Waals surface area contributed by atoms with E-state index in [0.717, 1.165) is 29.2 Å². The highest BCUT2D eigenvalue weighted by Gasteiger charge is 2.29. The second kappa shape index (κ2) is 14.4. The van der Waals surface area contributed by atoms with Crippen LogP contribution >= 0.6 is 11.6 Å². The van der Waals surface area contributed by atoms with Gasteiger partial charge in [0.15, 0.2) is 5.60 Å². The van der Waals surface area contributed by atoms with Crippen molar-refractivity contribution in [1.82, 2.24) is 10.2 Å². The maximum atomic E-state index is 6.43. The van der Waals surface area contributed by atoms with Crippen LogP contribution in [0, 0.1) is 0 Å². The molecule has 1 heterocycles. The second-order valence-electron chi connectivity index (χ2n) is 9.30. The highest BCUT2D eigenvalue weighted by molar-refractivity contribution is 6.31. The normalized spacial score (nSPS) is 11.8. The van der Waals surface area contributed by atoms with Crippen LogP contribution in [0.2, 0.25) is 5.02 Å². The lowest BCUT2D eigenvalue weighted by Gasteiger charge is -2.23. The number of nitrogen functional groups attached to an aromatic ring is 1. The van der Waals surface area contributed by atoms with E-state index in [4.69, 9.17) is 26.5 Å². The van der Waals surface area contributed by atoms with Gasteiger partial charge >= 0.3 is 6.01 Å². The molecular weight excluding hydrogens is 422 g/mol. The third-order valence-corrected chi connectivity index (χ3v) is 6.26. The van der Waals surface area contributed by atoms with Crippen LogP contribution in [0.15, 0.2) is 22.6 Å². The number of anilines is 1. The maximum absolute atomic E-state index is 6.43. The molecule has 1 aromatic heterocycles. The van der Waals surface area contributed by atoms with Gasteiger partial charge in [-0.2, -0.15) is 0 Å². The summed E-state index contributed by atoms with van der Waals surface area (Å²) in [6.07, 6.45) is 18.6. The first-order chi connectivity index (χ1) is 15.4. The molecule has 0 fully saturated rings. The number of ether oxygens (including phenoxy) is 1. The molecule has 0 unspecified atom stereocenters. The van der Waals surface area contributed by atoms with E-state index in [9.17, 15) is 0 Å². The molecule has 0 aliphatic heterocycles. The average Bonchev–Trinajstić information content (AvgIpc) is 3.21. The number of halogens is 1. The van der Waals surface area contributed by atoms with Gasteiger partial charge in [-0.05, 0) is 50.5 Å². The van der Waals surface area contributed by atoms with Gasteiger partial charge < -0.3 is 14.9 Å². The van der Waals surface area contributed by atoms with Crippen molar-refractivity contribution in [3.63, 3.8) is 0 Å². The molecule has 180 valence electrons. The molecule has 1 aromatic carbocycles. The van der Waals surface area contributed by atoms with Gasteiger partial charge in [0.05, 0.1) is 0 Å². The third-order valence-electron chi connectivity index (χ3n) is 5.90. The maximum Gasteiger partial charge on any atom is 0.312 e. The quantitative estimate of drug-likeness (QED) is 0.239. The summed E-state index contributed by atoms with van der Waals surface area (Å²) in [5.41, 5.74) is 5.89. The Kier molecular flexibility index (Phi) is 11.9. The summed E-state index contributed by atoms with van der Waals surface area (Å²) < 4.78 is 11.4. The summed E-state index contributed by atoms with van der Waals surface area (Å²) in [7, 11) is 0. The molecule has 5 nitrogen and oxygen atoms in total. The fourth-order valence-electron chi connectivity index (χ4n) is 3.96. The molecule has 0 saturated heterocycles. The topological polar surface area (TPSA) is 74.2 Å². The number of benzene rings is 1. The first-order valence-corrected chi connectivity index (χ1v) is 12.9. The number of aromatic nitrogens is 2. The molecule has 2 rings (SSSR count). The Bertz CT molecular complexity index is 776. The van der Waals surface area contributed by atoms with Crippen molar-refractivity contribution in [2.45, 2.75) is 116 Å². The molecule has 0 spiro atoms. The largest absolute Gasteiger partial charge is 0.478 e. The van der Waals surface area contributed by atoms with Gasteiger partial charge in [-0.25, -0.2) is 0 Å². The van der Waals surface area contributed by atoms with Crippen LogP contribution in [0.4, 0.5) is 6.01 Å². The lowest BCUT2D eigenvalue weighted by molar-refractivity contribution is 0.0771. The minimum absolute atomic E-state index is 0.0379. The van der Waals surface area contributed by atoms with Crippen molar-refractivity contribution >= 4 is 17.6 Å². The number of hydrogen-bond donors (Lipinski definition) is 1. The summed E-state index contributed by atoms with van der Waals surface area (Å²) in [6.45, 7) is 6.03. The van der Waals surface area contributed by atoms with E-state index in [1.54, 1.807) is 0 Å². The smallest absolute Gasteiger partial charge is 0.312 e. The van der Waals surface area contributed by atoms with Crippen LogP contribution < -0.4 is 10.5 Å². The van der Waals surface area contributed by atoms with E-state index in [0.29, 0.717) is 5.89 Å². The molecule has 2 aromatic rings. The van der Waals surface area contributed by atoms with Crippen LogP contribution in [0.5, 0.6) is 5.75 Å². The van der Waals surface area contributed by atoms with Gasteiger partial charge in [0.2, 0.25) is 0 Å². The Balaban J connectivity index is 1.62. The molecule has 0 aliphatic carbocycles. The van der Waals surface area contributed by atoms with Crippen molar-refractivity contribution in [3.8, 4) is 5.75 Å². The van der Waals surface area contributed by atoms with Crippen molar-refractivity contribution in [3.05, 3.63) is 34.7 Å². The lowest BCUT2D eigenvalue weighted by Crippen LogP contribution is -2.25. The van der Waals surface area contributed by atoms with E-state index in [2.05, 4.69) is 17.1 Å². The summed E-state index contributed by atoms with van der Waals surface area (Å²) in [5.74, 6) is 1.09. The first kappa shape index (κ1) is 26.5. The third kappa shape index (κ3) is 9.81. The summed E-state index contributed by atoms with van der Waals surface area (Å²) in [6, 6.07) is 5.82. The van der Waals surface area contributed by atoms with Crippen LogP contribution in [0.3, 0.4) is 0 Å². The SMILES string of the molecule is CCCCCCCCCCCCCCCc1cc(OC(C)(C)c2nnc(N)o2)ccc1Cl. The van der Waals surface area contributed by atoms with Gasteiger partial charge in [0.1, 0.15) is 5.75 Å². The zero-order chi connectivity index (χ0) is 23.2. The molecule has 32 heavy (non-hydrogen) atoms. The Hall–Kier alpha value is -1.75. The average molecular weight is 464 g/mol. The minimum Gasteiger partial charge on any atom is -0.478 e. The Morgan fingerprint density at radius 3 is 1.97 bits per heavy atom. The number of hydrogen-bond acceptors (Lipinski definition) is 5. The number of aryl methyl sites for hydroxylation is 1. The van der Waals surface area contributed by atoms with Crippen molar-refractivity contribution < 1.29 is 9.15 Å². The van der Waals surface area contributed by atoms with Gasteiger partial charge in [-0.3, -0.25) is 0 Å². The second-order valence-corrected chi connectivity index (χ2v) is 9.71. The molecule has 0 atom stereocenters. The Morgan fingerprint density at radius 1 is 0.875 bits per heavy atom. The molecule has 0 saturated carbocycles. The van der Waals surface area contributed by atoms with E-state index >= 15 is 0 Å². The van der Waals surface area contributed by atoms with Gasteiger partial charge in [0.25, 0.3) is 5.89 Å². The van der Waals surface area contributed by atoms with Crippen LogP contribution in [0.25, 0.3) is 0 Å². The number of rotatable bonds is 17. The minimum atomic E-state index is -0.773. The predicted octanol–water partition coefficient (Wildman–Crippen LogP) is 8.25. The van der Waals surface area contributed by atoms with Gasteiger partial charge in [-0.1, -0.05) is 101 Å². The van der Waals surface area contributed by atoms with Crippen molar-refractivity contribution in [2.75, 3.05) is 5.73 Å². The zero-order valence-corrected chi connectivity index (χ0v) is 21.1. The van der Waals surface area contributed by atoms with Crippen molar-refractivity contribution in [1.29, 1.82) is 0 Å². The predicted molar refractivity (Wildman–Crippen MR) is 133 cm³/mol. The molecule has 0 aliphatic rings. The Morgan fingerprint density at radius 2 is 1.44 bits per heavy atom. The van der Waals surface area contributed by atoms with Gasteiger partial charge in [-0.15, -0.1) is 5.10 Å². The highest BCUT2D eigenvalue weighted by atomic mass is 35.5. The molecule has 0 radical (unpaired) electrons. The van der Waals surface area contributed by atoms with E-state index in [1.807, 2.05) is 32.0 Å². The molecule has 0 amide bonds. The van der Waals surface area contributed by atoms with E-state index < -0.39 is 5.60 Å². The fraction of sp³-hybridized carbons (Fsp3) is 0.692. The van der Waals surface area contributed by atoms with Crippen LogP contribution in [-0.2, 0) is 12.0 Å². The molecule has 2 N–H and O–H groups in total. The molecule has 0 bridgehead atoms. The Labute approximate surface area is 199 Å². The first-order valence-electron chi connectivity index (χ1n) is 12.5. The standard InChI is InChI=1S/C26H42ClN3O2/c1-4-5-6-7-8-9-10-11-12-13-14-15-16-17-21-20-22(18-19-23(21)27)32-26(2,3)24-29-30-25(28)31-24/h18-20H,4-17H2,1-3H3,(H2,28,30). The molecular formula is C26H42ClN3O2. The van der Waals surface area contributed by atoms with E-state index in [1.165, 1.54) is 77.0 Å². The summed E-state index contributed by atoms with van der Waals surface area (Å²) >= 11 is 6.43.